The highest BCUT2D eigenvalue weighted by Crippen LogP contribution is 2.17. The zero-order valence-electron chi connectivity index (χ0n) is 10.4. The van der Waals surface area contributed by atoms with Crippen LogP contribution >= 0.6 is 11.6 Å². The van der Waals surface area contributed by atoms with Crippen LogP contribution in [0.2, 0.25) is 0 Å². The Bertz CT molecular complexity index is 335. The van der Waals surface area contributed by atoms with Gasteiger partial charge in [-0.15, -0.1) is 11.6 Å². The molecule has 0 aliphatic rings. The third-order valence-corrected chi connectivity index (χ3v) is 3.56. The molecule has 2 nitrogen and oxygen atoms in total. The molecule has 1 N–H and O–H groups in total. The molecule has 1 atom stereocenters. The molecule has 0 saturated carbocycles. The molecule has 0 aromatic heterocycles. The fourth-order valence-electron chi connectivity index (χ4n) is 1.85. The van der Waals surface area contributed by atoms with E-state index in [-0.39, 0.29) is 11.3 Å². The maximum Gasteiger partial charge on any atom is 0.251 e. The van der Waals surface area contributed by atoms with Crippen molar-refractivity contribution in [3.05, 3.63) is 35.9 Å². The van der Waals surface area contributed by atoms with Crippen LogP contribution in [0, 0.1) is 5.92 Å². The number of hydrogen-bond acceptors (Lipinski definition) is 1. The zero-order chi connectivity index (χ0) is 12.7. The van der Waals surface area contributed by atoms with E-state index in [4.69, 9.17) is 11.6 Å². The normalized spacial score (nSPS) is 12.5. The van der Waals surface area contributed by atoms with Crippen LogP contribution < -0.4 is 5.32 Å². The molecule has 1 aromatic rings. The van der Waals surface area contributed by atoms with E-state index in [1.54, 1.807) is 12.1 Å². The maximum absolute atomic E-state index is 11.8. The minimum atomic E-state index is -0.0535. The van der Waals surface area contributed by atoms with Crippen LogP contribution in [-0.2, 0) is 0 Å². The Kier molecular flexibility index (Phi) is 6.06. The molecule has 0 saturated heterocycles. The van der Waals surface area contributed by atoms with Gasteiger partial charge >= 0.3 is 0 Å². The third-order valence-electron chi connectivity index (χ3n) is 3.05. The largest absolute Gasteiger partial charge is 0.351 e. The Morgan fingerprint density at radius 2 is 1.82 bits per heavy atom. The van der Waals surface area contributed by atoms with Crippen LogP contribution in [0.3, 0.4) is 0 Å². The predicted octanol–water partition coefficient (Wildman–Crippen LogP) is 3.46. The summed E-state index contributed by atoms with van der Waals surface area (Å²) in [6, 6.07) is 9.21. The molecule has 1 rings (SSSR count). The van der Waals surface area contributed by atoms with Gasteiger partial charge in [0, 0.05) is 12.1 Å². The van der Waals surface area contributed by atoms with Crippen LogP contribution in [-0.4, -0.2) is 17.8 Å². The molecule has 0 heterocycles. The molecule has 94 valence electrons. The smallest absolute Gasteiger partial charge is 0.251 e. The van der Waals surface area contributed by atoms with E-state index in [1.807, 2.05) is 18.2 Å². The molecule has 1 unspecified atom stereocenters. The number of benzene rings is 1. The molecule has 1 aromatic carbocycles. The Morgan fingerprint density at radius 1 is 1.24 bits per heavy atom. The van der Waals surface area contributed by atoms with Crippen molar-refractivity contribution in [1.82, 2.24) is 5.32 Å². The molecule has 1 amide bonds. The number of hydrogen-bond donors (Lipinski definition) is 1. The van der Waals surface area contributed by atoms with Crippen molar-refractivity contribution in [1.29, 1.82) is 0 Å². The van der Waals surface area contributed by atoms with Gasteiger partial charge in [0.25, 0.3) is 5.91 Å². The Hall–Kier alpha value is -1.02. The molecule has 3 heteroatoms. The third kappa shape index (κ3) is 4.39. The van der Waals surface area contributed by atoms with Crippen LogP contribution in [0.15, 0.2) is 30.3 Å². The van der Waals surface area contributed by atoms with Crippen LogP contribution in [0.1, 0.15) is 37.0 Å². The summed E-state index contributed by atoms with van der Waals surface area (Å²) in [6.45, 7) is 4.78. The number of nitrogens with one attached hydrogen (secondary N) is 1. The summed E-state index contributed by atoms with van der Waals surface area (Å²) in [6.07, 6.45) is 2.09. The molecular formula is C14H20ClNO. The fourth-order valence-corrected chi connectivity index (χ4v) is 2.28. The highest BCUT2D eigenvalue weighted by molar-refractivity contribution is 6.21. The van der Waals surface area contributed by atoms with Gasteiger partial charge in [0.2, 0.25) is 0 Å². The van der Waals surface area contributed by atoms with Crippen molar-refractivity contribution < 1.29 is 4.79 Å². The molecule has 0 bridgehead atoms. The molecule has 0 radical (unpaired) electrons. The molecule has 0 spiro atoms. The quantitative estimate of drug-likeness (QED) is 0.773. The van der Waals surface area contributed by atoms with E-state index in [9.17, 15) is 4.79 Å². The van der Waals surface area contributed by atoms with Crippen molar-refractivity contribution in [2.24, 2.45) is 5.92 Å². The number of carbonyl (C=O) groups excluding carboxylic acids is 1. The van der Waals surface area contributed by atoms with Gasteiger partial charge in [-0.1, -0.05) is 44.9 Å². The van der Waals surface area contributed by atoms with E-state index >= 15 is 0 Å². The highest BCUT2D eigenvalue weighted by atomic mass is 35.5. The van der Waals surface area contributed by atoms with E-state index in [0.29, 0.717) is 18.0 Å². The first-order valence-electron chi connectivity index (χ1n) is 6.16. The monoisotopic (exact) mass is 253 g/mol. The second kappa shape index (κ2) is 7.33. The number of carbonyl (C=O) groups is 1. The van der Waals surface area contributed by atoms with Crippen LogP contribution in [0.25, 0.3) is 0 Å². The number of amides is 1. The predicted molar refractivity (Wildman–Crippen MR) is 72.5 cm³/mol. The summed E-state index contributed by atoms with van der Waals surface area (Å²) in [5.74, 6) is 0.412. The number of rotatable bonds is 6. The standard InChI is InChI=1S/C14H20ClNO/c1-3-11(4-2)13(15)10-16-14(17)12-8-6-5-7-9-12/h5-9,11,13H,3-4,10H2,1-2H3,(H,16,17). The molecule has 0 fully saturated rings. The summed E-state index contributed by atoms with van der Waals surface area (Å²) in [7, 11) is 0. The van der Waals surface area contributed by atoms with Gasteiger partial charge in [0.1, 0.15) is 0 Å². The topological polar surface area (TPSA) is 29.1 Å². The second-order valence-corrected chi connectivity index (χ2v) is 4.73. The van der Waals surface area contributed by atoms with Gasteiger partial charge in [-0.2, -0.15) is 0 Å². The minimum Gasteiger partial charge on any atom is -0.351 e. The molecular weight excluding hydrogens is 234 g/mol. The maximum atomic E-state index is 11.8. The van der Waals surface area contributed by atoms with Crippen LogP contribution in [0.4, 0.5) is 0 Å². The summed E-state index contributed by atoms with van der Waals surface area (Å²) >= 11 is 6.26. The average Bonchev–Trinajstić information content (AvgIpc) is 2.38. The molecule has 17 heavy (non-hydrogen) atoms. The lowest BCUT2D eigenvalue weighted by Crippen LogP contribution is -2.33. The second-order valence-electron chi connectivity index (χ2n) is 4.17. The van der Waals surface area contributed by atoms with Gasteiger partial charge in [-0.3, -0.25) is 4.79 Å². The average molecular weight is 254 g/mol. The van der Waals surface area contributed by atoms with Crippen LogP contribution in [0.5, 0.6) is 0 Å². The Balaban J connectivity index is 2.43. The minimum absolute atomic E-state index is 0.0117. The van der Waals surface area contributed by atoms with Crippen molar-refractivity contribution in [3.8, 4) is 0 Å². The molecule has 0 aliphatic heterocycles. The first-order valence-corrected chi connectivity index (χ1v) is 6.60. The first kappa shape index (κ1) is 14.0. The SMILES string of the molecule is CCC(CC)C(Cl)CNC(=O)c1ccccc1. The van der Waals surface area contributed by atoms with E-state index < -0.39 is 0 Å². The van der Waals surface area contributed by atoms with Crippen molar-refractivity contribution in [3.63, 3.8) is 0 Å². The van der Waals surface area contributed by atoms with Gasteiger partial charge in [-0.05, 0) is 18.1 Å². The lowest BCUT2D eigenvalue weighted by molar-refractivity contribution is 0.0951. The zero-order valence-corrected chi connectivity index (χ0v) is 11.2. The number of halogens is 1. The highest BCUT2D eigenvalue weighted by Gasteiger charge is 2.16. The van der Waals surface area contributed by atoms with Crippen molar-refractivity contribution in [2.45, 2.75) is 32.1 Å². The van der Waals surface area contributed by atoms with Crippen molar-refractivity contribution >= 4 is 17.5 Å². The summed E-state index contributed by atoms with van der Waals surface area (Å²) in [4.78, 5) is 11.8. The van der Waals surface area contributed by atoms with E-state index in [0.717, 1.165) is 12.8 Å². The van der Waals surface area contributed by atoms with Gasteiger partial charge in [-0.25, -0.2) is 0 Å². The Labute approximate surface area is 108 Å². The number of alkyl halides is 1. The summed E-state index contributed by atoms with van der Waals surface area (Å²) in [5.41, 5.74) is 0.681. The lowest BCUT2D eigenvalue weighted by Gasteiger charge is -2.19. The fraction of sp³-hybridized carbons (Fsp3) is 0.500. The summed E-state index contributed by atoms with van der Waals surface area (Å²) < 4.78 is 0. The van der Waals surface area contributed by atoms with E-state index in [2.05, 4.69) is 19.2 Å². The summed E-state index contributed by atoms with van der Waals surface area (Å²) in [5, 5.41) is 2.89. The van der Waals surface area contributed by atoms with Crippen molar-refractivity contribution in [2.75, 3.05) is 6.54 Å². The van der Waals surface area contributed by atoms with Gasteiger partial charge in [0.05, 0.1) is 5.38 Å². The lowest BCUT2D eigenvalue weighted by atomic mass is 9.99. The Morgan fingerprint density at radius 3 is 2.35 bits per heavy atom. The van der Waals surface area contributed by atoms with Gasteiger partial charge in [0.15, 0.2) is 0 Å². The van der Waals surface area contributed by atoms with Gasteiger partial charge < -0.3 is 5.32 Å². The first-order chi connectivity index (χ1) is 8.19. The van der Waals surface area contributed by atoms with E-state index in [1.165, 1.54) is 0 Å². The molecule has 0 aliphatic carbocycles.